The van der Waals surface area contributed by atoms with Gasteiger partial charge in [0.2, 0.25) is 5.91 Å². The molecule has 0 spiro atoms. The van der Waals surface area contributed by atoms with Crippen LogP contribution < -0.4 is 15.8 Å². The molecule has 106 valence electrons. The molecule has 1 atom stereocenters. The highest BCUT2D eigenvalue weighted by molar-refractivity contribution is 5.79. The third-order valence-electron chi connectivity index (χ3n) is 2.89. The van der Waals surface area contributed by atoms with Crippen LogP contribution in [0.3, 0.4) is 0 Å². The summed E-state index contributed by atoms with van der Waals surface area (Å²) in [4.78, 5) is 11.3. The van der Waals surface area contributed by atoms with Crippen LogP contribution in [0.2, 0.25) is 0 Å². The molecule has 1 amide bonds. The summed E-state index contributed by atoms with van der Waals surface area (Å²) >= 11 is 0. The summed E-state index contributed by atoms with van der Waals surface area (Å²) in [5.41, 5.74) is 7.62. The molecule has 0 aliphatic carbocycles. The van der Waals surface area contributed by atoms with Gasteiger partial charge in [-0.2, -0.15) is 0 Å². The quantitative estimate of drug-likeness (QED) is 0.791. The van der Waals surface area contributed by atoms with Gasteiger partial charge in [-0.05, 0) is 31.0 Å². The molecule has 0 saturated heterocycles. The van der Waals surface area contributed by atoms with E-state index in [0.29, 0.717) is 13.0 Å². The van der Waals surface area contributed by atoms with Gasteiger partial charge in [-0.1, -0.05) is 26.0 Å². The Balaban J connectivity index is 2.52. The van der Waals surface area contributed by atoms with Crippen molar-refractivity contribution in [3.63, 3.8) is 0 Å². The number of carbonyl (C=O) groups is 1. The Bertz CT molecular complexity index is 430. The van der Waals surface area contributed by atoms with Crippen LogP contribution in [0, 0.1) is 13.8 Å². The SMILES string of the molecule is Cc1ccc(C)c(OCCC(NC(C)C)C(N)=O)c1. The number of nitrogens with one attached hydrogen (secondary N) is 1. The maximum Gasteiger partial charge on any atom is 0.234 e. The molecule has 1 aromatic carbocycles. The molecule has 4 heteroatoms. The fourth-order valence-corrected chi connectivity index (χ4v) is 1.86. The number of ether oxygens (including phenoxy) is 1. The standard InChI is InChI=1S/C15H24N2O2/c1-10(2)17-13(15(16)18)7-8-19-14-9-11(3)5-6-12(14)4/h5-6,9-10,13,17H,7-8H2,1-4H3,(H2,16,18). The van der Waals surface area contributed by atoms with Gasteiger partial charge in [0.15, 0.2) is 0 Å². The molecule has 3 N–H and O–H groups in total. The zero-order chi connectivity index (χ0) is 14.4. The molecule has 1 unspecified atom stereocenters. The van der Waals surface area contributed by atoms with E-state index in [2.05, 4.69) is 11.4 Å². The lowest BCUT2D eigenvalue weighted by atomic mass is 10.1. The Morgan fingerprint density at radius 1 is 1.37 bits per heavy atom. The van der Waals surface area contributed by atoms with Crippen molar-refractivity contribution in [1.29, 1.82) is 0 Å². The first-order valence-corrected chi connectivity index (χ1v) is 6.65. The van der Waals surface area contributed by atoms with Crippen LogP contribution in [-0.4, -0.2) is 24.6 Å². The van der Waals surface area contributed by atoms with Gasteiger partial charge in [-0.15, -0.1) is 0 Å². The number of carbonyl (C=O) groups excluding carboxylic acids is 1. The monoisotopic (exact) mass is 264 g/mol. The van der Waals surface area contributed by atoms with E-state index >= 15 is 0 Å². The molecule has 0 heterocycles. The summed E-state index contributed by atoms with van der Waals surface area (Å²) in [6.07, 6.45) is 0.570. The van der Waals surface area contributed by atoms with E-state index in [1.807, 2.05) is 39.8 Å². The van der Waals surface area contributed by atoms with Gasteiger partial charge >= 0.3 is 0 Å². The summed E-state index contributed by atoms with van der Waals surface area (Å²) in [6, 6.07) is 5.96. The number of nitrogens with two attached hydrogens (primary N) is 1. The largest absolute Gasteiger partial charge is 0.493 e. The minimum Gasteiger partial charge on any atom is -0.493 e. The van der Waals surface area contributed by atoms with E-state index in [-0.39, 0.29) is 18.0 Å². The van der Waals surface area contributed by atoms with Crippen LogP contribution in [-0.2, 0) is 4.79 Å². The molecule has 4 nitrogen and oxygen atoms in total. The Hall–Kier alpha value is -1.55. The summed E-state index contributed by atoms with van der Waals surface area (Å²) in [6.45, 7) is 8.48. The molecule has 0 aliphatic rings. The van der Waals surface area contributed by atoms with Crippen molar-refractivity contribution in [3.8, 4) is 5.75 Å². The summed E-state index contributed by atoms with van der Waals surface area (Å²) in [5, 5.41) is 3.14. The van der Waals surface area contributed by atoms with Crippen LogP contribution >= 0.6 is 0 Å². The van der Waals surface area contributed by atoms with Gasteiger partial charge in [-0.25, -0.2) is 0 Å². The maximum absolute atomic E-state index is 11.3. The zero-order valence-electron chi connectivity index (χ0n) is 12.2. The number of hydrogen-bond donors (Lipinski definition) is 2. The van der Waals surface area contributed by atoms with E-state index in [9.17, 15) is 4.79 Å². The first kappa shape index (κ1) is 15.5. The normalized spacial score (nSPS) is 12.5. The van der Waals surface area contributed by atoms with Crippen LogP contribution in [0.1, 0.15) is 31.4 Å². The molecule has 0 fully saturated rings. The van der Waals surface area contributed by atoms with Gasteiger partial charge in [0.05, 0.1) is 12.6 Å². The van der Waals surface area contributed by atoms with Crippen molar-refractivity contribution in [1.82, 2.24) is 5.32 Å². The molecular weight excluding hydrogens is 240 g/mol. The number of primary amides is 1. The van der Waals surface area contributed by atoms with Crippen LogP contribution in [0.5, 0.6) is 5.75 Å². The van der Waals surface area contributed by atoms with Gasteiger partial charge in [-0.3, -0.25) is 4.79 Å². The van der Waals surface area contributed by atoms with Gasteiger partial charge in [0, 0.05) is 12.5 Å². The third kappa shape index (κ3) is 5.30. The fraction of sp³-hybridized carbons (Fsp3) is 0.533. The number of amides is 1. The minimum atomic E-state index is -0.342. The lowest BCUT2D eigenvalue weighted by Crippen LogP contribution is -2.45. The second kappa shape index (κ2) is 7.14. The predicted molar refractivity (Wildman–Crippen MR) is 77.3 cm³/mol. The number of benzene rings is 1. The zero-order valence-corrected chi connectivity index (χ0v) is 12.2. The van der Waals surface area contributed by atoms with Gasteiger partial charge in [0.25, 0.3) is 0 Å². The number of rotatable bonds is 7. The topological polar surface area (TPSA) is 64.3 Å². The fourth-order valence-electron chi connectivity index (χ4n) is 1.86. The van der Waals surface area contributed by atoms with Crippen LogP contribution in [0.25, 0.3) is 0 Å². The Morgan fingerprint density at radius 3 is 2.63 bits per heavy atom. The van der Waals surface area contributed by atoms with E-state index < -0.39 is 0 Å². The molecule has 0 aromatic heterocycles. The lowest BCUT2D eigenvalue weighted by molar-refractivity contribution is -0.120. The maximum atomic E-state index is 11.3. The summed E-state index contributed by atoms with van der Waals surface area (Å²) < 4.78 is 5.73. The highest BCUT2D eigenvalue weighted by Gasteiger charge is 2.16. The Morgan fingerprint density at radius 2 is 2.05 bits per heavy atom. The minimum absolute atomic E-state index is 0.221. The first-order chi connectivity index (χ1) is 8.90. The van der Waals surface area contributed by atoms with Gasteiger partial charge < -0.3 is 15.8 Å². The molecule has 1 rings (SSSR count). The highest BCUT2D eigenvalue weighted by atomic mass is 16.5. The smallest absolute Gasteiger partial charge is 0.234 e. The summed E-state index contributed by atoms with van der Waals surface area (Å²) in [7, 11) is 0. The number of aryl methyl sites for hydroxylation is 2. The van der Waals surface area contributed by atoms with Crippen molar-refractivity contribution in [3.05, 3.63) is 29.3 Å². The van der Waals surface area contributed by atoms with Crippen molar-refractivity contribution in [2.45, 2.75) is 46.2 Å². The van der Waals surface area contributed by atoms with Crippen LogP contribution in [0.15, 0.2) is 18.2 Å². The molecule has 0 radical (unpaired) electrons. The second-order valence-electron chi connectivity index (χ2n) is 5.18. The molecule has 0 bridgehead atoms. The Kier molecular flexibility index (Phi) is 5.83. The van der Waals surface area contributed by atoms with E-state index in [4.69, 9.17) is 10.5 Å². The second-order valence-corrected chi connectivity index (χ2v) is 5.18. The van der Waals surface area contributed by atoms with E-state index in [1.54, 1.807) is 0 Å². The molecule has 1 aromatic rings. The Labute approximate surface area is 115 Å². The molecular formula is C15H24N2O2. The molecule has 19 heavy (non-hydrogen) atoms. The number of hydrogen-bond acceptors (Lipinski definition) is 3. The van der Waals surface area contributed by atoms with E-state index in [1.165, 1.54) is 0 Å². The molecule has 0 aliphatic heterocycles. The predicted octanol–water partition coefficient (Wildman–Crippen LogP) is 1.92. The lowest BCUT2D eigenvalue weighted by Gasteiger charge is -2.18. The summed E-state index contributed by atoms with van der Waals surface area (Å²) in [5.74, 6) is 0.533. The van der Waals surface area contributed by atoms with Crippen LogP contribution in [0.4, 0.5) is 0 Å². The highest BCUT2D eigenvalue weighted by Crippen LogP contribution is 2.19. The average Bonchev–Trinajstić information content (AvgIpc) is 2.31. The average molecular weight is 264 g/mol. The van der Waals surface area contributed by atoms with Crippen molar-refractivity contribution >= 4 is 5.91 Å². The van der Waals surface area contributed by atoms with Crippen molar-refractivity contribution < 1.29 is 9.53 Å². The van der Waals surface area contributed by atoms with E-state index in [0.717, 1.165) is 16.9 Å². The van der Waals surface area contributed by atoms with Gasteiger partial charge in [0.1, 0.15) is 5.75 Å². The van der Waals surface area contributed by atoms with Crippen molar-refractivity contribution in [2.75, 3.05) is 6.61 Å². The van der Waals surface area contributed by atoms with Crippen molar-refractivity contribution in [2.24, 2.45) is 5.73 Å². The third-order valence-corrected chi connectivity index (χ3v) is 2.89. The molecule has 0 saturated carbocycles. The first-order valence-electron chi connectivity index (χ1n) is 6.65.